The van der Waals surface area contributed by atoms with Crippen molar-refractivity contribution in [3.8, 4) is 18.1 Å². The number of hydrogen-bond donors (Lipinski definition) is 3. The molecule has 5 heteroatoms. The fraction of sp³-hybridized carbons (Fsp3) is 0.526. The third-order valence-electron chi connectivity index (χ3n) is 4.25. The topological polar surface area (TPSA) is 70.6 Å². The van der Waals surface area contributed by atoms with E-state index in [9.17, 15) is 9.90 Å². The first-order chi connectivity index (χ1) is 11.7. The monoisotopic (exact) mass is 330 g/mol. The molecule has 1 aromatic carbocycles. The molecule has 2 amide bonds. The van der Waals surface area contributed by atoms with Crippen LogP contribution in [0, 0.1) is 18.3 Å². The Morgan fingerprint density at radius 3 is 2.79 bits per heavy atom. The maximum Gasteiger partial charge on any atom is 0.314 e. The number of terminal acetylenes is 1. The number of carbonyl (C=O) groups is 1. The Hall–Kier alpha value is -2.19. The summed E-state index contributed by atoms with van der Waals surface area (Å²) in [6.07, 6.45) is 9.48. The van der Waals surface area contributed by atoms with E-state index in [-0.39, 0.29) is 18.7 Å². The molecule has 0 aliphatic heterocycles. The molecule has 2 rings (SSSR count). The minimum atomic E-state index is -0.207. The number of nitrogens with one attached hydrogen (secondary N) is 2. The zero-order chi connectivity index (χ0) is 17.2. The Kier molecular flexibility index (Phi) is 7.44. The van der Waals surface area contributed by atoms with Crippen molar-refractivity contribution in [2.75, 3.05) is 19.7 Å². The van der Waals surface area contributed by atoms with Crippen LogP contribution in [0.2, 0.25) is 0 Å². The van der Waals surface area contributed by atoms with E-state index in [0.717, 1.165) is 43.4 Å². The molecule has 0 aromatic heterocycles. The van der Waals surface area contributed by atoms with Gasteiger partial charge in [0.05, 0.1) is 6.10 Å². The molecule has 0 radical (unpaired) electrons. The minimum Gasteiger partial charge on any atom is -0.481 e. The summed E-state index contributed by atoms with van der Waals surface area (Å²) in [7, 11) is 0. The van der Waals surface area contributed by atoms with E-state index in [1.165, 1.54) is 0 Å². The van der Waals surface area contributed by atoms with Crippen LogP contribution in [-0.2, 0) is 6.42 Å². The van der Waals surface area contributed by atoms with Gasteiger partial charge in [-0.25, -0.2) is 4.79 Å². The quantitative estimate of drug-likeness (QED) is 0.671. The van der Waals surface area contributed by atoms with Gasteiger partial charge in [0.2, 0.25) is 0 Å². The number of carbonyl (C=O) groups excluding carboxylic acids is 1. The molecule has 1 aromatic rings. The van der Waals surface area contributed by atoms with Crippen LogP contribution in [0.15, 0.2) is 24.3 Å². The summed E-state index contributed by atoms with van der Waals surface area (Å²) < 4.78 is 5.32. The molecular formula is C19H26N2O3. The molecular weight excluding hydrogens is 304 g/mol. The third-order valence-corrected chi connectivity index (χ3v) is 4.25. The lowest BCUT2D eigenvalue weighted by atomic mass is 9.87. The van der Waals surface area contributed by atoms with Crippen LogP contribution in [0.3, 0.4) is 0 Å². The molecule has 130 valence electrons. The molecule has 5 nitrogen and oxygen atoms in total. The molecule has 2 unspecified atom stereocenters. The van der Waals surface area contributed by atoms with E-state index >= 15 is 0 Å². The highest BCUT2D eigenvalue weighted by atomic mass is 16.5. The van der Waals surface area contributed by atoms with Crippen LogP contribution in [0.25, 0.3) is 0 Å². The summed E-state index contributed by atoms with van der Waals surface area (Å²) in [6.45, 7) is 1.47. The maximum atomic E-state index is 11.8. The zero-order valence-corrected chi connectivity index (χ0v) is 14.0. The van der Waals surface area contributed by atoms with Gasteiger partial charge < -0.3 is 20.5 Å². The molecule has 1 fully saturated rings. The summed E-state index contributed by atoms with van der Waals surface area (Å²) in [6, 6.07) is 7.54. The predicted octanol–water partition coefficient (Wildman–Crippen LogP) is 2.09. The number of aliphatic hydroxyl groups is 1. The normalized spacial score (nSPS) is 20.0. The first-order valence-corrected chi connectivity index (χ1v) is 8.52. The molecule has 1 aliphatic rings. The summed E-state index contributed by atoms with van der Waals surface area (Å²) in [4.78, 5) is 11.8. The van der Waals surface area contributed by atoms with Gasteiger partial charge in [0, 0.05) is 13.1 Å². The van der Waals surface area contributed by atoms with Gasteiger partial charge in [0.1, 0.15) is 12.4 Å². The van der Waals surface area contributed by atoms with E-state index < -0.39 is 0 Å². The highest BCUT2D eigenvalue weighted by molar-refractivity contribution is 5.73. The summed E-state index contributed by atoms with van der Waals surface area (Å²) in [5.74, 6) is 3.56. The maximum absolute atomic E-state index is 11.8. The number of rotatable bonds is 7. The van der Waals surface area contributed by atoms with Crippen molar-refractivity contribution in [2.45, 2.75) is 38.2 Å². The van der Waals surface area contributed by atoms with Gasteiger partial charge in [0.25, 0.3) is 0 Å². The Morgan fingerprint density at radius 1 is 1.29 bits per heavy atom. The number of ether oxygens (including phenoxy) is 1. The van der Waals surface area contributed by atoms with E-state index in [4.69, 9.17) is 11.2 Å². The second kappa shape index (κ2) is 9.84. The van der Waals surface area contributed by atoms with Gasteiger partial charge in [-0.15, -0.1) is 6.42 Å². The van der Waals surface area contributed by atoms with Gasteiger partial charge in [0.15, 0.2) is 0 Å². The Balaban J connectivity index is 1.61. The first-order valence-electron chi connectivity index (χ1n) is 8.52. The average molecular weight is 330 g/mol. The first kappa shape index (κ1) is 18.2. The molecule has 2 atom stereocenters. The standard InChI is InChI=1S/C19H26N2O3/c1-2-12-24-18-8-6-15(7-9-18)10-11-20-19(23)21-14-16-4-3-5-17(22)13-16/h1,6-9,16-17,22H,3-5,10-14H2,(H2,20,21,23). The van der Waals surface area contributed by atoms with Crippen molar-refractivity contribution >= 4 is 6.03 Å². The lowest BCUT2D eigenvalue weighted by Gasteiger charge is -2.25. The lowest BCUT2D eigenvalue weighted by molar-refractivity contribution is 0.101. The van der Waals surface area contributed by atoms with Crippen molar-refractivity contribution in [2.24, 2.45) is 5.92 Å². The number of urea groups is 1. The molecule has 0 saturated heterocycles. The number of benzene rings is 1. The molecule has 24 heavy (non-hydrogen) atoms. The van der Waals surface area contributed by atoms with Crippen molar-refractivity contribution in [1.82, 2.24) is 10.6 Å². The van der Waals surface area contributed by atoms with Crippen molar-refractivity contribution in [3.63, 3.8) is 0 Å². The molecule has 1 aliphatic carbocycles. The largest absolute Gasteiger partial charge is 0.481 e. The van der Waals surface area contributed by atoms with Crippen LogP contribution in [0.4, 0.5) is 4.79 Å². The molecule has 1 saturated carbocycles. The van der Waals surface area contributed by atoms with Crippen molar-refractivity contribution in [1.29, 1.82) is 0 Å². The fourth-order valence-electron chi connectivity index (χ4n) is 2.95. The van der Waals surface area contributed by atoms with E-state index in [2.05, 4.69) is 16.6 Å². The molecule has 3 N–H and O–H groups in total. The number of hydrogen-bond acceptors (Lipinski definition) is 3. The summed E-state index contributed by atoms with van der Waals surface area (Å²) in [5, 5.41) is 15.4. The van der Waals surface area contributed by atoms with Crippen LogP contribution in [0.5, 0.6) is 5.75 Å². The number of aliphatic hydroxyl groups excluding tert-OH is 1. The Labute approximate surface area is 143 Å². The lowest BCUT2D eigenvalue weighted by Crippen LogP contribution is -2.40. The molecule has 0 spiro atoms. The van der Waals surface area contributed by atoms with Crippen LogP contribution in [-0.4, -0.2) is 36.9 Å². The highest BCUT2D eigenvalue weighted by Crippen LogP contribution is 2.23. The number of amides is 2. The zero-order valence-electron chi connectivity index (χ0n) is 14.0. The summed E-state index contributed by atoms with van der Waals surface area (Å²) in [5.41, 5.74) is 1.12. The molecule has 0 bridgehead atoms. The average Bonchev–Trinajstić information content (AvgIpc) is 2.59. The fourth-order valence-corrected chi connectivity index (χ4v) is 2.95. The smallest absolute Gasteiger partial charge is 0.314 e. The van der Waals surface area contributed by atoms with Gasteiger partial charge in [-0.3, -0.25) is 0 Å². The van der Waals surface area contributed by atoms with E-state index in [1.807, 2.05) is 24.3 Å². The van der Waals surface area contributed by atoms with Crippen LogP contribution in [0.1, 0.15) is 31.2 Å². The van der Waals surface area contributed by atoms with E-state index in [0.29, 0.717) is 19.0 Å². The van der Waals surface area contributed by atoms with Crippen LogP contribution >= 0.6 is 0 Å². The minimum absolute atomic E-state index is 0.149. The van der Waals surface area contributed by atoms with Gasteiger partial charge in [-0.05, 0) is 49.3 Å². The highest BCUT2D eigenvalue weighted by Gasteiger charge is 2.20. The SMILES string of the molecule is C#CCOc1ccc(CCNC(=O)NCC2CCCC(O)C2)cc1. The van der Waals surface area contributed by atoms with Gasteiger partial charge >= 0.3 is 6.03 Å². The van der Waals surface area contributed by atoms with Gasteiger partial charge in [-0.2, -0.15) is 0 Å². The van der Waals surface area contributed by atoms with Crippen LogP contribution < -0.4 is 15.4 Å². The third kappa shape index (κ3) is 6.51. The Bertz CT molecular complexity index is 551. The van der Waals surface area contributed by atoms with Crippen molar-refractivity contribution < 1.29 is 14.6 Å². The second-order valence-electron chi connectivity index (χ2n) is 6.21. The van der Waals surface area contributed by atoms with Crippen molar-refractivity contribution in [3.05, 3.63) is 29.8 Å². The predicted molar refractivity (Wildman–Crippen MR) is 93.8 cm³/mol. The van der Waals surface area contributed by atoms with Gasteiger partial charge in [-0.1, -0.05) is 24.5 Å². The molecule has 0 heterocycles. The second-order valence-corrected chi connectivity index (χ2v) is 6.21. The Morgan fingerprint density at radius 2 is 2.08 bits per heavy atom. The summed E-state index contributed by atoms with van der Waals surface area (Å²) >= 11 is 0. The van der Waals surface area contributed by atoms with E-state index in [1.54, 1.807) is 0 Å².